The molecule has 0 unspecified atom stereocenters. The van der Waals surface area contributed by atoms with Crippen LogP contribution in [-0.2, 0) is 0 Å². The van der Waals surface area contributed by atoms with Crippen LogP contribution >= 0.6 is 23.2 Å². The molecule has 17 heavy (non-hydrogen) atoms. The third kappa shape index (κ3) is 3.54. The molecule has 0 spiro atoms. The standard InChI is InChI=1S/C11H11Cl2F2NO/c1-11(5-12,6-13)16-10(17)7-2-3-8(14)9(15)4-7/h2-4H,5-6H2,1H3,(H,16,17). The largest absolute Gasteiger partial charge is 0.344 e. The fourth-order valence-corrected chi connectivity index (χ4v) is 1.51. The van der Waals surface area contributed by atoms with E-state index in [1.165, 1.54) is 6.07 Å². The van der Waals surface area contributed by atoms with E-state index in [1.54, 1.807) is 6.92 Å². The van der Waals surface area contributed by atoms with Crippen LogP contribution in [0.2, 0.25) is 0 Å². The zero-order valence-electron chi connectivity index (χ0n) is 9.07. The highest BCUT2D eigenvalue weighted by molar-refractivity contribution is 6.22. The summed E-state index contributed by atoms with van der Waals surface area (Å²) >= 11 is 11.3. The number of carbonyl (C=O) groups excluding carboxylic acids is 1. The number of rotatable bonds is 4. The number of carbonyl (C=O) groups is 1. The third-order valence-corrected chi connectivity index (χ3v) is 3.37. The van der Waals surface area contributed by atoms with Gasteiger partial charge in [-0.3, -0.25) is 4.79 Å². The first kappa shape index (κ1) is 14.2. The van der Waals surface area contributed by atoms with Crippen molar-refractivity contribution in [2.24, 2.45) is 0 Å². The third-order valence-electron chi connectivity index (χ3n) is 2.19. The maximum absolute atomic E-state index is 12.9. The van der Waals surface area contributed by atoms with Gasteiger partial charge in [0.1, 0.15) is 0 Å². The van der Waals surface area contributed by atoms with Crippen LogP contribution in [0.1, 0.15) is 17.3 Å². The molecule has 0 heterocycles. The van der Waals surface area contributed by atoms with Crippen LogP contribution in [0, 0.1) is 11.6 Å². The first-order valence-corrected chi connectivity index (χ1v) is 5.88. The molecule has 6 heteroatoms. The van der Waals surface area contributed by atoms with Crippen LogP contribution in [0.15, 0.2) is 18.2 Å². The lowest BCUT2D eigenvalue weighted by Gasteiger charge is -2.25. The van der Waals surface area contributed by atoms with E-state index in [0.717, 1.165) is 12.1 Å². The van der Waals surface area contributed by atoms with Crippen LogP contribution < -0.4 is 5.32 Å². The Morgan fingerprint density at radius 2 is 1.88 bits per heavy atom. The Kier molecular flexibility index (Phi) is 4.71. The minimum Gasteiger partial charge on any atom is -0.344 e. The van der Waals surface area contributed by atoms with Gasteiger partial charge in [-0.2, -0.15) is 0 Å². The molecule has 0 radical (unpaired) electrons. The molecule has 1 N–H and O–H groups in total. The Morgan fingerprint density at radius 3 is 2.35 bits per heavy atom. The Morgan fingerprint density at radius 1 is 1.29 bits per heavy atom. The molecule has 0 fully saturated rings. The SMILES string of the molecule is CC(CCl)(CCl)NC(=O)c1ccc(F)c(F)c1. The second kappa shape index (κ2) is 5.65. The summed E-state index contributed by atoms with van der Waals surface area (Å²) in [5.41, 5.74) is -0.768. The number of hydrogen-bond donors (Lipinski definition) is 1. The number of benzene rings is 1. The number of hydrogen-bond acceptors (Lipinski definition) is 1. The summed E-state index contributed by atoms with van der Waals surface area (Å²) in [5, 5.41) is 2.56. The van der Waals surface area contributed by atoms with Crippen LogP contribution in [0.5, 0.6) is 0 Å². The van der Waals surface area contributed by atoms with Gasteiger partial charge in [0.15, 0.2) is 11.6 Å². The molecule has 0 aromatic heterocycles. The van der Waals surface area contributed by atoms with Crippen molar-refractivity contribution in [3.05, 3.63) is 35.4 Å². The molecular formula is C11H11Cl2F2NO. The highest BCUT2D eigenvalue weighted by Gasteiger charge is 2.25. The van der Waals surface area contributed by atoms with Gasteiger partial charge in [-0.1, -0.05) is 0 Å². The van der Waals surface area contributed by atoms with E-state index in [9.17, 15) is 13.6 Å². The molecule has 0 saturated heterocycles. The lowest BCUT2D eigenvalue weighted by atomic mass is 10.1. The summed E-state index contributed by atoms with van der Waals surface area (Å²) < 4.78 is 25.6. The summed E-state index contributed by atoms with van der Waals surface area (Å²) in [4.78, 5) is 11.7. The van der Waals surface area contributed by atoms with E-state index in [0.29, 0.717) is 0 Å². The normalized spacial score (nSPS) is 11.4. The van der Waals surface area contributed by atoms with Crippen molar-refractivity contribution >= 4 is 29.1 Å². The number of nitrogens with one attached hydrogen (secondary N) is 1. The smallest absolute Gasteiger partial charge is 0.251 e. The van der Waals surface area contributed by atoms with Crippen molar-refractivity contribution in [2.75, 3.05) is 11.8 Å². The average Bonchev–Trinajstić information content (AvgIpc) is 2.32. The first-order valence-electron chi connectivity index (χ1n) is 4.81. The number of halogens is 4. The van der Waals surface area contributed by atoms with Crippen LogP contribution in [0.4, 0.5) is 8.78 Å². The zero-order valence-corrected chi connectivity index (χ0v) is 10.6. The molecule has 1 amide bonds. The van der Waals surface area contributed by atoms with Crippen LogP contribution in [0.3, 0.4) is 0 Å². The zero-order chi connectivity index (χ0) is 13.1. The predicted molar refractivity (Wildman–Crippen MR) is 63.7 cm³/mol. The average molecular weight is 282 g/mol. The van der Waals surface area contributed by atoms with E-state index < -0.39 is 23.1 Å². The van der Waals surface area contributed by atoms with Gasteiger partial charge in [0.05, 0.1) is 5.54 Å². The molecule has 0 bridgehead atoms. The maximum Gasteiger partial charge on any atom is 0.251 e. The second-order valence-electron chi connectivity index (χ2n) is 3.91. The molecule has 0 aliphatic rings. The minimum absolute atomic E-state index is 0.0189. The lowest BCUT2D eigenvalue weighted by Crippen LogP contribution is -2.49. The van der Waals surface area contributed by atoms with Gasteiger partial charge in [-0.15, -0.1) is 23.2 Å². The summed E-state index contributed by atoms with van der Waals surface area (Å²) in [7, 11) is 0. The fourth-order valence-electron chi connectivity index (χ4n) is 1.09. The van der Waals surface area contributed by atoms with Crippen molar-refractivity contribution in [1.29, 1.82) is 0 Å². The molecule has 0 aliphatic heterocycles. The molecule has 1 aromatic rings. The number of amides is 1. The molecule has 94 valence electrons. The fraction of sp³-hybridized carbons (Fsp3) is 0.364. The molecule has 0 aliphatic carbocycles. The first-order chi connectivity index (χ1) is 7.91. The van der Waals surface area contributed by atoms with E-state index in [1.807, 2.05) is 0 Å². The predicted octanol–water partition coefficient (Wildman–Crippen LogP) is 2.93. The quantitative estimate of drug-likeness (QED) is 0.845. The van der Waals surface area contributed by atoms with Crippen molar-refractivity contribution in [3.8, 4) is 0 Å². The number of alkyl halides is 2. The van der Waals surface area contributed by atoms with E-state index >= 15 is 0 Å². The summed E-state index contributed by atoms with van der Waals surface area (Å²) in [6.45, 7) is 1.66. The molecule has 2 nitrogen and oxygen atoms in total. The molecule has 0 atom stereocenters. The summed E-state index contributed by atoms with van der Waals surface area (Å²) in [6, 6.07) is 2.91. The Balaban J connectivity index is 2.86. The van der Waals surface area contributed by atoms with E-state index in [4.69, 9.17) is 23.2 Å². The highest BCUT2D eigenvalue weighted by Crippen LogP contribution is 2.13. The maximum atomic E-state index is 12.9. The summed E-state index contributed by atoms with van der Waals surface area (Å²) in [5.74, 6) is -2.39. The van der Waals surface area contributed by atoms with Crippen molar-refractivity contribution in [2.45, 2.75) is 12.5 Å². The lowest BCUT2D eigenvalue weighted by molar-refractivity contribution is 0.0921. The van der Waals surface area contributed by atoms with Gasteiger partial charge in [0.25, 0.3) is 5.91 Å². The molecule has 1 aromatic carbocycles. The van der Waals surface area contributed by atoms with Gasteiger partial charge < -0.3 is 5.32 Å². The Labute approximate surface area is 108 Å². The van der Waals surface area contributed by atoms with Gasteiger partial charge >= 0.3 is 0 Å². The van der Waals surface area contributed by atoms with Gasteiger partial charge in [-0.05, 0) is 25.1 Å². The van der Waals surface area contributed by atoms with Crippen molar-refractivity contribution in [3.63, 3.8) is 0 Å². The van der Waals surface area contributed by atoms with E-state index in [2.05, 4.69) is 5.32 Å². The van der Waals surface area contributed by atoms with Crippen LogP contribution in [-0.4, -0.2) is 23.2 Å². The minimum atomic E-state index is -1.07. The summed E-state index contributed by atoms with van der Waals surface area (Å²) in [6.07, 6.45) is 0. The molecular weight excluding hydrogens is 271 g/mol. The van der Waals surface area contributed by atoms with Crippen molar-refractivity contribution in [1.82, 2.24) is 5.32 Å². The van der Waals surface area contributed by atoms with Gasteiger partial charge in [-0.25, -0.2) is 8.78 Å². The second-order valence-corrected chi connectivity index (χ2v) is 4.45. The molecule has 1 rings (SSSR count). The Bertz CT molecular complexity index is 422. The van der Waals surface area contributed by atoms with Gasteiger partial charge in [0, 0.05) is 17.3 Å². The van der Waals surface area contributed by atoms with E-state index in [-0.39, 0.29) is 17.3 Å². The highest BCUT2D eigenvalue weighted by atomic mass is 35.5. The Hall–Kier alpha value is -0.870. The monoisotopic (exact) mass is 281 g/mol. The van der Waals surface area contributed by atoms with Gasteiger partial charge in [0.2, 0.25) is 0 Å². The molecule has 0 saturated carbocycles. The van der Waals surface area contributed by atoms with Crippen molar-refractivity contribution < 1.29 is 13.6 Å². The van der Waals surface area contributed by atoms with Crippen LogP contribution in [0.25, 0.3) is 0 Å². The topological polar surface area (TPSA) is 29.1 Å².